The summed E-state index contributed by atoms with van der Waals surface area (Å²) in [5.41, 5.74) is 7.41. The van der Waals surface area contributed by atoms with E-state index in [1.807, 2.05) is 22.7 Å². The number of nitrogens with zero attached hydrogens (tertiary/aromatic N) is 4. The van der Waals surface area contributed by atoms with Gasteiger partial charge in [0.1, 0.15) is 5.82 Å². The Balaban J connectivity index is 1.94. The highest BCUT2D eigenvalue weighted by atomic mass is 15.3. The SMILES string of the molecule is CC(C)N1CCCC(c2nnc3c(N)cccn23)C1. The summed E-state index contributed by atoms with van der Waals surface area (Å²) in [7, 11) is 0. The van der Waals surface area contributed by atoms with Crippen molar-refractivity contribution in [2.75, 3.05) is 18.8 Å². The summed E-state index contributed by atoms with van der Waals surface area (Å²) in [5, 5.41) is 8.61. The first-order valence-electron chi connectivity index (χ1n) is 7.00. The number of fused-ring (bicyclic) bond motifs is 1. The maximum absolute atomic E-state index is 5.94. The van der Waals surface area contributed by atoms with Crippen molar-refractivity contribution in [3.05, 3.63) is 24.2 Å². The fourth-order valence-electron chi connectivity index (χ4n) is 2.92. The Bertz CT molecular complexity index is 574. The Morgan fingerprint density at radius 1 is 1.37 bits per heavy atom. The minimum atomic E-state index is 0.452. The molecule has 2 aromatic heterocycles. The first-order chi connectivity index (χ1) is 9.16. The van der Waals surface area contributed by atoms with E-state index in [1.54, 1.807) is 0 Å². The van der Waals surface area contributed by atoms with Crippen LogP contribution in [0.2, 0.25) is 0 Å². The van der Waals surface area contributed by atoms with Crippen LogP contribution < -0.4 is 5.73 Å². The molecule has 1 aliphatic rings. The number of hydrogen-bond donors (Lipinski definition) is 1. The summed E-state index contributed by atoms with van der Waals surface area (Å²) in [6.07, 6.45) is 4.41. The van der Waals surface area contributed by atoms with Crippen molar-refractivity contribution < 1.29 is 0 Å². The van der Waals surface area contributed by atoms with Crippen molar-refractivity contribution in [1.82, 2.24) is 19.5 Å². The van der Waals surface area contributed by atoms with Crippen molar-refractivity contribution >= 4 is 11.3 Å². The van der Waals surface area contributed by atoms with Gasteiger partial charge in [-0.25, -0.2) is 0 Å². The van der Waals surface area contributed by atoms with Crippen molar-refractivity contribution in [1.29, 1.82) is 0 Å². The molecule has 1 aliphatic heterocycles. The Morgan fingerprint density at radius 2 is 2.21 bits per heavy atom. The lowest BCUT2D eigenvalue weighted by Gasteiger charge is -2.34. The summed E-state index contributed by atoms with van der Waals surface area (Å²) in [6.45, 7) is 6.75. The molecule has 1 unspecified atom stereocenters. The second-order valence-corrected chi connectivity index (χ2v) is 5.64. The summed E-state index contributed by atoms with van der Waals surface area (Å²) < 4.78 is 2.05. The third-order valence-corrected chi connectivity index (χ3v) is 4.04. The highest BCUT2D eigenvalue weighted by Crippen LogP contribution is 2.27. The average Bonchev–Trinajstić information content (AvgIpc) is 2.84. The van der Waals surface area contributed by atoms with E-state index in [0.29, 0.717) is 17.6 Å². The molecule has 0 radical (unpaired) electrons. The maximum Gasteiger partial charge on any atom is 0.183 e. The monoisotopic (exact) mass is 259 g/mol. The largest absolute Gasteiger partial charge is 0.396 e. The molecule has 0 spiro atoms. The van der Waals surface area contributed by atoms with Gasteiger partial charge in [0, 0.05) is 24.7 Å². The van der Waals surface area contributed by atoms with Crippen LogP contribution in [0.5, 0.6) is 0 Å². The lowest BCUT2D eigenvalue weighted by Crippen LogP contribution is -2.39. The highest BCUT2D eigenvalue weighted by molar-refractivity contribution is 5.63. The summed E-state index contributed by atoms with van der Waals surface area (Å²) in [4.78, 5) is 2.52. The van der Waals surface area contributed by atoms with E-state index in [4.69, 9.17) is 5.73 Å². The third-order valence-electron chi connectivity index (χ3n) is 4.04. The molecule has 0 aromatic carbocycles. The van der Waals surface area contributed by atoms with E-state index in [1.165, 1.54) is 19.4 Å². The number of rotatable bonds is 2. The van der Waals surface area contributed by atoms with E-state index >= 15 is 0 Å². The van der Waals surface area contributed by atoms with Crippen LogP contribution in [0.3, 0.4) is 0 Å². The minimum absolute atomic E-state index is 0.452. The topological polar surface area (TPSA) is 59.5 Å². The van der Waals surface area contributed by atoms with Gasteiger partial charge in [-0.2, -0.15) is 0 Å². The molecule has 0 aliphatic carbocycles. The van der Waals surface area contributed by atoms with E-state index < -0.39 is 0 Å². The molecule has 0 bridgehead atoms. The average molecular weight is 259 g/mol. The summed E-state index contributed by atoms with van der Waals surface area (Å²) >= 11 is 0. The third kappa shape index (κ3) is 2.18. The zero-order valence-corrected chi connectivity index (χ0v) is 11.6. The van der Waals surface area contributed by atoms with Gasteiger partial charge >= 0.3 is 0 Å². The lowest BCUT2D eigenvalue weighted by atomic mass is 9.96. The Kier molecular flexibility index (Phi) is 3.14. The molecule has 1 atom stereocenters. The molecular weight excluding hydrogens is 238 g/mol. The number of hydrogen-bond acceptors (Lipinski definition) is 4. The molecule has 5 nitrogen and oxygen atoms in total. The molecule has 0 amide bonds. The fraction of sp³-hybridized carbons (Fsp3) is 0.571. The first-order valence-corrected chi connectivity index (χ1v) is 7.00. The molecule has 2 aromatic rings. The molecular formula is C14H21N5. The van der Waals surface area contributed by atoms with Crippen molar-refractivity contribution in [3.63, 3.8) is 0 Å². The Hall–Kier alpha value is -1.62. The first kappa shape index (κ1) is 12.4. The molecule has 3 heterocycles. The van der Waals surface area contributed by atoms with Crippen molar-refractivity contribution in [2.45, 2.75) is 38.6 Å². The van der Waals surface area contributed by atoms with Gasteiger partial charge in [-0.1, -0.05) is 0 Å². The van der Waals surface area contributed by atoms with Gasteiger partial charge in [0.2, 0.25) is 0 Å². The van der Waals surface area contributed by atoms with E-state index in [2.05, 4.69) is 28.9 Å². The number of likely N-dealkylation sites (tertiary alicyclic amines) is 1. The zero-order chi connectivity index (χ0) is 13.4. The van der Waals surface area contributed by atoms with Crippen LogP contribution >= 0.6 is 0 Å². The molecule has 102 valence electrons. The van der Waals surface area contributed by atoms with Crippen LogP contribution in [0, 0.1) is 0 Å². The van der Waals surface area contributed by atoms with Gasteiger partial charge in [0.15, 0.2) is 5.65 Å². The van der Waals surface area contributed by atoms with Gasteiger partial charge in [-0.15, -0.1) is 10.2 Å². The number of piperidine rings is 1. The smallest absolute Gasteiger partial charge is 0.183 e. The van der Waals surface area contributed by atoms with Crippen LogP contribution in [0.25, 0.3) is 5.65 Å². The van der Waals surface area contributed by atoms with Crippen LogP contribution in [0.1, 0.15) is 38.4 Å². The molecule has 1 fully saturated rings. The van der Waals surface area contributed by atoms with Crippen molar-refractivity contribution in [2.24, 2.45) is 0 Å². The second-order valence-electron chi connectivity index (χ2n) is 5.64. The number of nitrogens with two attached hydrogens (primary N) is 1. The van der Waals surface area contributed by atoms with Crippen molar-refractivity contribution in [3.8, 4) is 0 Å². The zero-order valence-electron chi connectivity index (χ0n) is 11.6. The normalized spacial score (nSPS) is 21.3. The van der Waals surface area contributed by atoms with Gasteiger partial charge in [-0.05, 0) is 45.4 Å². The predicted octanol–water partition coefficient (Wildman–Crippen LogP) is 1.90. The van der Waals surface area contributed by atoms with Gasteiger partial charge in [0.25, 0.3) is 0 Å². The maximum atomic E-state index is 5.94. The highest BCUT2D eigenvalue weighted by Gasteiger charge is 2.26. The standard InChI is InChI=1S/C14H21N5/c1-10(2)18-7-3-5-11(9-18)13-16-17-14-12(15)6-4-8-19(13)14/h4,6,8,10-11H,3,5,7,9,15H2,1-2H3. The summed E-state index contributed by atoms with van der Waals surface area (Å²) in [5.74, 6) is 1.50. The number of pyridine rings is 1. The molecule has 5 heteroatoms. The van der Waals surface area contributed by atoms with E-state index in [9.17, 15) is 0 Å². The lowest BCUT2D eigenvalue weighted by molar-refractivity contribution is 0.164. The second kappa shape index (κ2) is 4.81. The van der Waals surface area contributed by atoms with Crippen LogP contribution in [0.4, 0.5) is 5.69 Å². The van der Waals surface area contributed by atoms with Crippen LogP contribution in [0.15, 0.2) is 18.3 Å². The molecule has 2 N–H and O–H groups in total. The number of nitrogen functional groups attached to an aromatic ring is 1. The number of aromatic nitrogens is 3. The van der Waals surface area contributed by atoms with Crippen LogP contribution in [-0.4, -0.2) is 38.6 Å². The predicted molar refractivity (Wildman–Crippen MR) is 76.1 cm³/mol. The van der Waals surface area contributed by atoms with Crippen LogP contribution in [-0.2, 0) is 0 Å². The van der Waals surface area contributed by atoms with Gasteiger partial charge in [-0.3, -0.25) is 4.40 Å². The molecule has 19 heavy (non-hydrogen) atoms. The Morgan fingerprint density at radius 3 is 3.00 bits per heavy atom. The van der Waals surface area contributed by atoms with E-state index in [-0.39, 0.29) is 0 Å². The Labute approximate surface area is 113 Å². The number of anilines is 1. The van der Waals surface area contributed by atoms with E-state index in [0.717, 1.165) is 18.0 Å². The quantitative estimate of drug-likeness (QED) is 0.895. The molecule has 0 saturated carbocycles. The molecule has 3 rings (SSSR count). The van der Waals surface area contributed by atoms with Gasteiger partial charge in [0.05, 0.1) is 5.69 Å². The minimum Gasteiger partial charge on any atom is -0.396 e. The fourth-order valence-corrected chi connectivity index (χ4v) is 2.92. The van der Waals surface area contributed by atoms with Gasteiger partial charge < -0.3 is 10.6 Å². The molecule has 1 saturated heterocycles. The summed E-state index contributed by atoms with van der Waals surface area (Å²) in [6, 6.07) is 4.42.